The Kier molecular flexibility index (Phi) is 4.86. The molecule has 0 aliphatic carbocycles. The van der Waals surface area contributed by atoms with Crippen molar-refractivity contribution >= 4 is 18.1 Å². The highest BCUT2D eigenvalue weighted by Gasteiger charge is 2.01. The van der Waals surface area contributed by atoms with E-state index in [0.29, 0.717) is 17.0 Å². The van der Waals surface area contributed by atoms with Gasteiger partial charge in [0.2, 0.25) is 5.95 Å². The number of aromatic nitrogens is 2. The highest BCUT2D eigenvalue weighted by molar-refractivity contribution is 5.84. The van der Waals surface area contributed by atoms with Crippen LogP contribution in [-0.4, -0.2) is 28.8 Å². The lowest BCUT2D eigenvalue weighted by Crippen LogP contribution is -2.29. The van der Waals surface area contributed by atoms with Crippen LogP contribution in [0.5, 0.6) is 5.75 Å². The monoisotopic (exact) mass is 301 g/mol. The minimum absolute atomic E-state index is 0.203. The number of carbonyl (C=O) groups is 1. The van der Waals surface area contributed by atoms with Crippen LogP contribution in [0.3, 0.4) is 0 Å². The lowest BCUT2D eigenvalue weighted by molar-refractivity contribution is -0.307. The Morgan fingerprint density at radius 2 is 2.27 bits per heavy atom. The molecular weight excluding hydrogens is 288 g/mol. The highest BCUT2D eigenvalue weighted by Crippen LogP contribution is 2.15. The molecule has 22 heavy (non-hydrogen) atoms. The van der Waals surface area contributed by atoms with Gasteiger partial charge in [0.05, 0.1) is 12.2 Å². The molecule has 0 aliphatic rings. The van der Waals surface area contributed by atoms with E-state index in [1.807, 2.05) is 0 Å². The quantitative estimate of drug-likeness (QED) is 0.556. The Morgan fingerprint density at radius 1 is 1.50 bits per heavy atom. The van der Waals surface area contributed by atoms with Crippen molar-refractivity contribution in [3.05, 3.63) is 51.9 Å². The third kappa shape index (κ3) is 4.44. The average Bonchev–Trinajstić information content (AvgIpc) is 2.45. The van der Waals surface area contributed by atoms with Crippen molar-refractivity contribution < 1.29 is 14.6 Å². The lowest BCUT2D eigenvalue weighted by Gasteiger charge is -2.09. The van der Waals surface area contributed by atoms with E-state index in [1.165, 1.54) is 12.3 Å². The summed E-state index contributed by atoms with van der Waals surface area (Å²) in [4.78, 5) is 28.2. The molecular formula is C14H13N4O4-. The molecule has 0 fully saturated rings. The molecule has 0 atom stereocenters. The summed E-state index contributed by atoms with van der Waals surface area (Å²) in [5.74, 6) is -0.760. The van der Waals surface area contributed by atoms with Crippen molar-refractivity contribution in [3.8, 4) is 5.75 Å². The Balaban J connectivity index is 2.09. The van der Waals surface area contributed by atoms with Crippen molar-refractivity contribution in [3.63, 3.8) is 0 Å². The van der Waals surface area contributed by atoms with Crippen LogP contribution in [0.25, 0.3) is 0 Å². The van der Waals surface area contributed by atoms with Gasteiger partial charge in [-0.15, -0.1) is 0 Å². The van der Waals surface area contributed by atoms with Crippen molar-refractivity contribution in [2.24, 2.45) is 5.10 Å². The predicted octanol–water partition coefficient (Wildman–Crippen LogP) is -0.347. The second kappa shape index (κ2) is 7.02. The van der Waals surface area contributed by atoms with Gasteiger partial charge >= 0.3 is 0 Å². The van der Waals surface area contributed by atoms with E-state index in [-0.39, 0.29) is 11.5 Å². The van der Waals surface area contributed by atoms with Crippen LogP contribution in [0.15, 0.2) is 40.2 Å². The van der Waals surface area contributed by atoms with Gasteiger partial charge in [-0.05, 0) is 19.1 Å². The van der Waals surface area contributed by atoms with Crippen LogP contribution in [0.2, 0.25) is 0 Å². The first-order valence-corrected chi connectivity index (χ1v) is 6.33. The van der Waals surface area contributed by atoms with Crippen molar-refractivity contribution in [2.75, 3.05) is 12.0 Å². The second-order valence-corrected chi connectivity index (χ2v) is 4.30. The van der Waals surface area contributed by atoms with E-state index in [4.69, 9.17) is 4.74 Å². The fourth-order valence-electron chi connectivity index (χ4n) is 1.65. The van der Waals surface area contributed by atoms with Gasteiger partial charge in [-0.1, -0.05) is 12.1 Å². The van der Waals surface area contributed by atoms with Gasteiger partial charge < -0.3 is 14.6 Å². The van der Waals surface area contributed by atoms with Crippen LogP contribution in [0, 0.1) is 6.92 Å². The topological polar surface area (TPSA) is 120 Å². The predicted molar refractivity (Wildman–Crippen MR) is 77.8 cm³/mol. The summed E-state index contributed by atoms with van der Waals surface area (Å²) in [5.41, 5.74) is 3.41. The molecule has 0 bridgehead atoms. The number of carbonyl (C=O) groups excluding carboxylic acids is 1. The number of aromatic amines is 1. The van der Waals surface area contributed by atoms with Gasteiger partial charge in [0.1, 0.15) is 12.4 Å². The third-order valence-corrected chi connectivity index (χ3v) is 2.51. The molecule has 2 N–H and O–H groups in total. The summed E-state index contributed by atoms with van der Waals surface area (Å²) in [5, 5.41) is 14.4. The van der Waals surface area contributed by atoms with Crippen LogP contribution < -0.4 is 20.8 Å². The van der Waals surface area contributed by atoms with Gasteiger partial charge in [-0.3, -0.25) is 9.78 Å². The summed E-state index contributed by atoms with van der Waals surface area (Å²) in [6, 6.07) is 8.12. The van der Waals surface area contributed by atoms with Gasteiger partial charge in [-0.2, -0.15) is 5.10 Å². The Bertz CT molecular complexity index is 755. The van der Waals surface area contributed by atoms with Gasteiger partial charge in [0.15, 0.2) is 0 Å². The number of nitrogens with zero attached hydrogens (tertiary/aromatic N) is 2. The standard InChI is InChI=1S/C14H14N4O4/c1-9-6-12(19)17-14(16-9)18-15-7-10-4-2-3-5-11(10)22-8-13(20)21/h2-7H,8H2,1H3,(H,20,21)(H2,16,17,18,19)/p-1/b15-7-. The van der Waals surface area contributed by atoms with E-state index in [9.17, 15) is 14.7 Å². The number of H-pyrrole nitrogens is 1. The molecule has 2 aromatic rings. The minimum atomic E-state index is -1.31. The number of carboxylic acids is 1. The number of hydrazone groups is 1. The summed E-state index contributed by atoms with van der Waals surface area (Å²) in [7, 11) is 0. The molecule has 0 unspecified atom stereocenters. The van der Waals surface area contributed by atoms with E-state index < -0.39 is 12.6 Å². The molecule has 1 heterocycles. The molecule has 0 aliphatic heterocycles. The number of anilines is 1. The van der Waals surface area contributed by atoms with E-state index in [0.717, 1.165) is 0 Å². The zero-order chi connectivity index (χ0) is 15.9. The molecule has 0 spiro atoms. The van der Waals surface area contributed by atoms with E-state index in [2.05, 4.69) is 20.5 Å². The fourth-order valence-corrected chi connectivity index (χ4v) is 1.65. The van der Waals surface area contributed by atoms with Crippen LogP contribution in [0.1, 0.15) is 11.3 Å². The summed E-state index contributed by atoms with van der Waals surface area (Å²) >= 11 is 0. The number of rotatable bonds is 6. The number of aliphatic carboxylic acids is 1. The number of para-hydroxylation sites is 1. The molecule has 114 valence electrons. The molecule has 0 saturated heterocycles. The molecule has 1 aromatic heterocycles. The Hall–Kier alpha value is -3.16. The molecule has 0 amide bonds. The molecule has 0 saturated carbocycles. The zero-order valence-electron chi connectivity index (χ0n) is 11.7. The SMILES string of the molecule is Cc1cc(=O)[nH]c(N/N=C\c2ccccc2OCC(=O)[O-])n1. The molecule has 8 heteroatoms. The van der Waals surface area contributed by atoms with Crippen molar-refractivity contribution in [1.29, 1.82) is 0 Å². The number of hydrogen-bond acceptors (Lipinski definition) is 7. The van der Waals surface area contributed by atoms with E-state index in [1.54, 1.807) is 31.2 Å². The molecule has 2 rings (SSSR count). The highest BCUT2D eigenvalue weighted by atomic mass is 16.5. The maximum Gasteiger partial charge on any atom is 0.252 e. The largest absolute Gasteiger partial charge is 0.546 e. The normalized spacial score (nSPS) is 10.6. The fraction of sp³-hybridized carbons (Fsp3) is 0.143. The number of aryl methyl sites for hydroxylation is 1. The maximum atomic E-state index is 11.3. The summed E-state index contributed by atoms with van der Waals surface area (Å²) < 4.78 is 5.09. The molecule has 8 nitrogen and oxygen atoms in total. The first-order valence-electron chi connectivity index (χ1n) is 6.33. The smallest absolute Gasteiger partial charge is 0.252 e. The summed E-state index contributed by atoms with van der Waals surface area (Å²) in [6.07, 6.45) is 1.42. The number of carboxylic acid groups (broad SMARTS) is 1. The van der Waals surface area contributed by atoms with Crippen LogP contribution >= 0.6 is 0 Å². The number of ether oxygens (including phenoxy) is 1. The van der Waals surface area contributed by atoms with Gasteiger partial charge in [0, 0.05) is 17.3 Å². The summed E-state index contributed by atoms with van der Waals surface area (Å²) in [6.45, 7) is 1.14. The third-order valence-electron chi connectivity index (χ3n) is 2.51. The zero-order valence-corrected chi connectivity index (χ0v) is 11.7. The Labute approximate surface area is 125 Å². The number of nitrogens with one attached hydrogen (secondary N) is 2. The van der Waals surface area contributed by atoms with E-state index >= 15 is 0 Å². The minimum Gasteiger partial charge on any atom is -0.546 e. The first kappa shape index (κ1) is 15.2. The van der Waals surface area contributed by atoms with Crippen molar-refractivity contribution in [2.45, 2.75) is 6.92 Å². The number of benzene rings is 1. The second-order valence-electron chi connectivity index (χ2n) is 4.30. The van der Waals surface area contributed by atoms with Gasteiger partial charge in [-0.25, -0.2) is 10.4 Å². The average molecular weight is 301 g/mol. The molecule has 0 radical (unpaired) electrons. The van der Waals surface area contributed by atoms with Crippen LogP contribution in [0.4, 0.5) is 5.95 Å². The first-order chi connectivity index (χ1) is 10.5. The maximum absolute atomic E-state index is 11.3. The molecule has 1 aromatic carbocycles. The van der Waals surface area contributed by atoms with Crippen LogP contribution in [-0.2, 0) is 4.79 Å². The lowest BCUT2D eigenvalue weighted by atomic mass is 10.2. The Morgan fingerprint density at radius 3 is 3.00 bits per heavy atom. The number of hydrogen-bond donors (Lipinski definition) is 2. The van der Waals surface area contributed by atoms with Gasteiger partial charge in [0.25, 0.3) is 5.56 Å². The van der Waals surface area contributed by atoms with Crippen molar-refractivity contribution in [1.82, 2.24) is 9.97 Å².